The molecule has 0 spiro atoms. The molecule has 0 atom stereocenters. The third kappa shape index (κ3) is 4.88. The molecule has 2 aromatic rings. The number of nitrogens with one attached hydrogen (secondary N) is 2. The average Bonchev–Trinajstić information content (AvgIpc) is 2.70. The molecule has 0 bridgehead atoms. The highest BCUT2D eigenvalue weighted by Gasteiger charge is 2.18. The molecule has 0 aromatic heterocycles. The summed E-state index contributed by atoms with van der Waals surface area (Å²) in [5, 5.41) is 6.05. The van der Waals surface area contributed by atoms with E-state index in [-0.39, 0.29) is 18.4 Å². The van der Waals surface area contributed by atoms with E-state index in [0.717, 1.165) is 48.4 Å². The van der Waals surface area contributed by atoms with Gasteiger partial charge in [0.1, 0.15) is 0 Å². The van der Waals surface area contributed by atoms with E-state index >= 15 is 0 Å². The van der Waals surface area contributed by atoms with E-state index in [1.54, 1.807) is 0 Å². The topological polar surface area (TPSA) is 61.4 Å². The molecule has 1 heterocycles. The molecule has 142 valence electrons. The zero-order valence-corrected chi connectivity index (χ0v) is 16.0. The minimum absolute atomic E-state index is 0.0678. The molecule has 2 aromatic carbocycles. The second-order valence-corrected chi connectivity index (χ2v) is 7.08. The van der Waals surface area contributed by atoms with Crippen molar-refractivity contribution >= 4 is 23.2 Å². The van der Waals surface area contributed by atoms with Crippen molar-refractivity contribution in [3.05, 3.63) is 59.2 Å². The highest BCUT2D eigenvalue weighted by Crippen LogP contribution is 2.18. The van der Waals surface area contributed by atoms with Crippen LogP contribution in [0.25, 0.3) is 0 Å². The van der Waals surface area contributed by atoms with Crippen molar-refractivity contribution in [3.8, 4) is 0 Å². The van der Waals surface area contributed by atoms with Gasteiger partial charge in [0.15, 0.2) is 0 Å². The lowest BCUT2D eigenvalue weighted by molar-refractivity contribution is -0.114. The molecular weight excluding hydrogens is 338 g/mol. The van der Waals surface area contributed by atoms with Crippen LogP contribution in [0.15, 0.2) is 42.5 Å². The Morgan fingerprint density at radius 3 is 2.52 bits per heavy atom. The first-order valence-electron chi connectivity index (χ1n) is 9.54. The molecule has 1 aliphatic heterocycles. The van der Waals surface area contributed by atoms with E-state index in [0.29, 0.717) is 5.56 Å². The number of likely N-dealkylation sites (tertiary alicyclic amines) is 1. The lowest BCUT2D eigenvalue weighted by Gasteiger charge is -2.26. The van der Waals surface area contributed by atoms with Crippen LogP contribution in [0, 0.1) is 13.8 Å². The molecule has 1 aliphatic rings. The maximum atomic E-state index is 12.6. The molecule has 0 aliphatic carbocycles. The smallest absolute Gasteiger partial charge is 0.253 e. The van der Waals surface area contributed by atoms with Gasteiger partial charge >= 0.3 is 0 Å². The Kier molecular flexibility index (Phi) is 6.12. The highest BCUT2D eigenvalue weighted by atomic mass is 16.2. The van der Waals surface area contributed by atoms with E-state index in [9.17, 15) is 9.59 Å². The average molecular weight is 365 g/mol. The van der Waals surface area contributed by atoms with Gasteiger partial charge in [-0.3, -0.25) is 9.59 Å². The third-order valence-corrected chi connectivity index (χ3v) is 5.08. The SMILES string of the molecule is Cc1cccc(NC(=O)CNc2cccc(C(=O)N3CCCCC3)c2)c1C. The second kappa shape index (κ2) is 8.71. The van der Waals surface area contributed by atoms with E-state index in [1.807, 2.05) is 61.2 Å². The number of carbonyl (C=O) groups excluding carboxylic acids is 2. The van der Waals surface area contributed by atoms with E-state index in [4.69, 9.17) is 0 Å². The van der Waals surface area contributed by atoms with Crippen LogP contribution >= 0.6 is 0 Å². The number of nitrogens with zero attached hydrogens (tertiary/aromatic N) is 1. The zero-order chi connectivity index (χ0) is 19.2. The van der Waals surface area contributed by atoms with Crippen molar-refractivity contribution in [2.75, 3.05) is 30.3 Å². The van der Waals surface area contributed by atoms with Gasteiger partial charge in [0.2, 0.25) is 5.91 Å². The number of rotatable bonds is 5. The number of aryl methyl sites for hydroxylation is 1. The van der Waals surface area contributed by atoms with Crippen molar-refractivity contribution in [2.24, 2.45) is 0 Å². The molecule has 0 unspecified atom stereocenters. The van der Waals surface area contributed by atoms with Crippen LogP contribution in [-0.4, -0.2) is 36.3 Å². The lowest BCUT2D eigenvalue weighted by atomic mass is 10.1. The summed E-state index contributed by atoms with van der Waals surface area (Å²) in [5.41, 5.74) is 4.48. The van der Waals surface area contributed by atoms with Crippen molar-refractivity contribution in [3.63, 3.8) is 0 Å². The number of benzene rings is 2. The molecule has 27 heavy (non-hydrogen) atoms. The summed E-state index contributed by atoms with van der Waals surface area (Å²) >= 11 is 0. The number of piperidine rings is 1. The van der Waals surface area contributed by atoms with Gasteiger partial charge < -0.3 is 15.5 Å². The van der Waals surface area contributed by atoms with Crippen LogP contribution in [0.1, 0.15) is 40.7 Å². The maximum absolute atomic E-state index is 12.6. The largest absolute Gasteiger partial charge is 0.376 e. The Bertz CT molecular complexity index is 826. The molecule has 5 heteroatoms. The fourth-order valence-electron chi connectivity index (χ4n) is 3.31. The summed E-state index contributed by atoms with van der Waals surface area (Å²) in [6.07, 6.45) is 3.34. The highest BCUT2D eigenvalue weighted by molar-refractivity contribution is 5.96. The number of hydrogen-bond acceptors (Lipinski definition) is 3. The van der Waals surface area contributed by atoms with Crippen LogP contribution in [0.4, 0.5) is 11.4 Å². The van der Waals surface area contributed by atoms with Gasteiger partial charge in [-0.15, -0.1) is 0 Å². The van der Waals surface area contributed by atoms with Gasteiger partial charge in [-0.05, 0) is 68.5 Å². The third-order valence-electron chi connectivity index (χ3n) is 5.08. The predicted molar refractivity (Wildman–Crippen MR) is 109 cm³/mol. The normalized spacial score (nSPS) is 13.9. The first-order chi connectivity index (χ1) is 13.0. The predicted octanol–water partition coefficient (Wildman–Crippen LogP) is 3.98. The van der Waals surface area contributed by atoms with Crippen LogP contribution < -0.4 is 10.6 Å². The molecule has 0 saturated carbocycles. The quantitative estimate of drug-likeness (QED) is 0.842. The van der Waals surface area contributed by atoms with Gasteiger partial charge in [-0.2, -0.15) is 0 Å². The summed E-state index contributed by atoms with van der Waals surface area (Å²) in [4.78, 5) is 26.8. The number of carbonyl (C=O) groups is 2. The van der Waals surface area contributed by atoms with Crippen molar-refractivity contribution in [2.45, 2.75) is 33.1 Å². The van der Waals surface area contributed by atoms with Crippen LogP contribution in [0.3, 0.4) is 0 Å². The fraction of sp³-hybridized carbons (Fsp3) is 0.364. The van der Waals surface area contributed by atoms with Crippen molar-refractivity contribution in [1.29, 1.82) is 0 Å². The first-order valence-corrected chi connectivity index (χ1v) is 9.54. The second-order valence-electron chi connectivity index (χ2n) is 7.08. The first kappa shape index (κ1) is 19.0. The number of anilines is 2. The van der Waals surface area contributed by atoms with Crippen molar-refractivity contribution < 1.29 is 9.59 Å². The molecule has 1 saturated heterocycles. The van der Waals surface area contributed by atoms with Gasteiger partial charge in [-0.1, -0.05) is 18.2 Å². The number of amides is 2. The van der Waals surface area contributed by atoms with Gasteiger partial charge in [0, 0.05) is 30.0 Å². The van der Waals surface area contributed by atoms with Crippen LogP contribution in [0.2, 0.25) is 0 Å². The van der Waals surface area contributed by atoms with Crippen molar-refractivity contribution in [1.82, 2.24) is 4.90 Å². The van der Waals surface area contributed by atoms with Crippen LogP contribution in [0.5, 0.6) is 0 Å². The Morgan fingerprint density at radius 2 is 1.74 bits per heavy atom. The molecule has 2 amide bonds. The maximum Gasteiger partial charge on any atom is 0.253 e. The molecule has 0 radical (unpaired) electrons. The molecule has 3 rings (SSSR count). The zero-order valence-electron chi connectivity index (χ0n) is 16.0. The van der Waals surface area contributed by atoms with E-state index < -0.39 is 0 Å². The monoisotopic (exact) mass is 365 g/mol. The molecule has 1 fully saturated rings. The Labute approximate surface area is 160 Å². The minimum Gasteiger partial charge on any atom is -0.376 e. The minimum atomic E-state index is -0.114. The Balaban J connectivity index is 1.58. The Hall–Kier alpha value is -2.82. The molecular formula is C22H27N3O2. The van der Waals surface area contributed by atoms with Gasteiger partial charge in [0.25, 0.3) is 5.91 Å². The molecule has 2 N–H and O–H groups in total. The standard InChI is InChI=1S/C22H27N3O2/c1-16-8-6-11-20(17(16)2)24-21(26)15-23-19-10-7-9-18(14-19)22(27)25-12-4-3-5-13-25/h6-11,14,23H,3-5,12-13,15H2,1-2H3,(H,24,26). The van der Waals surface area contributed by atoms with Crippen LogP contribution in [-0.2, 0) is 4.79 Å². The summed E-state index contributed by atoms with van der Waals surface area (Å²) in [7, 11) is 0. The summed E-state index contributed by atoms with van der Waals surface area (Å²) in [6, 6.07) is 13.2. The summed E-state index contributed by atoms with van der Waals surface area (Å²) in [5.74, 6) is -0.0466. The Morgan fingerprint density at radius 1 is 1.00 bits per heavy atom. The van der Waals surface area contributed by atoms with E-state index in [1.165, 1.54) is 6.42 Å². The van der Waals surface area contributed by atoms with E-state index in [2.05, 4.69) is 10.6 Å². The summed E-state index contributed by atoms with van der Waals surface area (Å²) in [6.45, 7) is 5.82. The number of hydrogen-bond donors (Lipinski definition) is 2. The lowest BCUT2D eigenvalue weighted by Crippen LogP contribution is -2.35. The summed E-state index contributed by atoms with van der Waals surface area (Å²) < 4.78 is 0. The van der Waals surface area contributed by atoms with Gasteiger partial charge in [0.05, 0.1) is 6.54 Å². The molecule has 5 nitrogen and oxygen atoms in total. The van der Waals surface area contributed by atoms with Gasteiger partial charge in [-0.25, -0.2) is 0 Å². The fourth-order valence-corrected chi connectivity index (χ4v) is 3.31.